The predicted molar refractivity (Wildman–Crippen MR) is 56.3 cm³/mol. The molecule has 1 aromatic carbocycles. The highest BCUT2D eigenvalue weighted by atomic mass is 79.9. The van der Waals surface area contributed by atoms with Crippen LogP contribution in [0, 0.1) is 0 Å². The summed E-state index contributed by atoms with van der Waals surface area (Å²) in [6, 6.07) is 4.36. The molecule has 1 nitrogen and oxygen atoms in total. The van der Waals surface area contributed by atoms with E-state index in [1.165, 1.54) is 12.1 Å². The fourth-order valence-electron chi connectivity index (χ4n) is 1.13. The maximum atomic E-state index is 13.0. The fourth-order valence-corrected chi connectivity index (χ4v) is 1.64. The summed E-state index contributed by atoms with van der Waals surface area (Å²) in [4.78, 5) is 0. The van der Waals surface area contributed by atoms with Crippen LogP contribution in [0.2, 0.25) is 0 Å². The molecule has 0 fully saturated rings. The van der Waals surface area contributed by atoms with Gasteiger partial charge in [0, 0.05) is 23.0 Å². The van der Waals surface area contributed by atoms with Gasteiger partial charge in [0.15, 0.2) is 0 Å². The second kappa shape index (κ2) is 3.95. The van der Waals surface area contributed by atoms with E-state index in [0.29, 0.717) is 10.0 Å². The van der Waals surface area contributed by atoms with E-state index in [4.69, 9.17) is 5.73 Å². The van der Waals surface area contributed by atoms with E-state index in [-0.39, 0.29) is 11.6 Å². The molecule has 14 heavy (non-hydrogen) atoms. The van der Waals surface area contributed by atoms with Crippen LogP contribution in [0.5, 0.6) is 0 Å². The van der Waals surface area contributed by atoms with Crippen molar-refractivity contribution in [2.75, 3.05) is 0 Å². The van der Waals surface area contributed by atoms with Crippen LogP contribution >= 0.6 is 15.9 Å². The average Bonchev–Trinajstić information content (AvgIpc) is 2.01. The average molecular weight is 264 g/mol. The molecule has 4 heteroatoms. The zero-order valence-corrected chi connectivity index (χ0v) is 9.61. The Morgan fingerprint density at radius 2 is 1.93 bits per heavy atom. The van der Waals surface area contributed by atoms with Crippen LogP contribution < -0.4 is 5.73 Å². The summed E-state index contributed by atoms with van der Waals surface area (Å²) in [5, 5.41) is 0. The van der Waals surface area contributed by atoms with Gasteiger partial charge in [0.25, 0.3) is 5.92 Å². The van der Waals surface area contributed by atoms with Crippen molar-refractivity contribution in [3.05, 3.63) is 33.8 Å². The Morgan fingerprint density at radius 1 is 1.36 bits per heavy atom. The number of hydrogen-bond donors (Lipinski definition) is 1. The molecule has 0 bridgehead atoms. The predicted octanol–water partition coefficient (Wildman–Crippen LogP) is 3.58. The topological polar surface area (TPSA) is 26.0 Å². The van der Waals surface area contributed by atoms with Crippen molar-refractivity contribution >= 4 is 15.9 Å². The first-order chi connectivity index (χ1) is 6.30. The summed E-state index contributed by atoms with van der Waals surface area (Å²) < 4.78 is 26.7. The molecule has 0 aliphatic rings. The second-order valence-electron chi connectivity index (χ2n) is 3.45. The SMILES string of the molecule is C[C@@H](N)c1cc(Br)cc(C(C)(F)F)c1. The largest absolute Gasteiger partial charge is 0.324 e. The van der Waals surface area contributed by atoms with Gasteiger partial charge in [-0.1, -0.05) is 15.9 Å². The summed E-state index contributed by atoms with van der Waals surface area (Å²) in [7, 11) is 0. The maximum absolute atomic E-state index is 13.0. The van der Waals surface area contributed by atoms with Gasteiger partial charge in [-0.2, -0.15) is 0 Å². The molecule has 0 amide bonds. The highest BCUT2D eigenvalue weighted by Crippen LogP contribution is 2.31. The van der Waals surface area contributed by atoms with Gasteiger partial charge in [0.2, 0.25) is 0 Å². The molecule has 1 aromatic rings. The van der Waals surface area contributed by atoms with Crippen molar-refractivity contribution in [3.63, 3.8) is 0 Å². The molecule has 0 saturated heterocycles. The van der Waals surface area contributed by atoms with Crippen LogP contribution in [-0.4, -0.2) is 0 Å². The number of benzene rings is 1. The van der Waals surface area contributed by atoms with E-state index in [0.717, 1.165) is 6.92 Å². The molecular weight excluding hydrogens is 252 g/mol. The number of rotatable bonds is 2. The Morgan fingerprint density at radius 3 is 2.36 bits per heavy atom. The zero-order valence-electron chi connectivity index (χ0n) is 8.02. The third kappa shape index (κ3) is 2.75. The fraction of sp³-hybridized carbons (Fsp3) is 0.400. The molecule has 0 heterocycles. The first-order valence-corrected chi connectivity index (χ1v) is 5.04. The smallest absolute Gasteiger partial charge is 0.270 e. The minimum atomic E-state index is -2.83. The van der Waals surface area contributed by atoms with E-state index in [1.807, 2.05) is 0 Å². The normalized spacial score (nSPS) is 14.1. The molecule has 0 spiro atoms. The van der Waals surface area contributed by atoms with Crippen LogP contribution in [-0.2, 0) is 5.92 Å². The summed E-state index contributed by atoms with van der Waals surface area (Å²) in [6.07, 6.45) is 0. The van der Waals surface area contributed by atoms with Crippen molar-refractivity contribution < 1.29 is 8.78 Å². The van der Waals surface area contributed by atoms with E-state index >= 15 is 0 Å². The van der Waals surface area contributed by atoms with Gasteiger partial charge in [-0.25, -0.2) is 8.78 Å². The highest BCUT2D eigenvalue weighted by Gasteiger charge is 2.25. The number of halogens is 3. The lowest BCUT2D eigenvalue weighted by molar-refractivity contribution is 0.0173. The van der Waals surface area contributed by atoms with Crippen LogP contribution in [0.1, 0.15) is 31.0 Å². The molecule has 1 rings (SSSR count). The number of alkyl halides is 2. The summed E-state index contributed by atoms with van der Waals surface area (Å²) >= 11 is 3.18. The van der Waals surface area contributed by atoms with Gasteiger partial charge in [-0.15, -0.1) is 0 Å². The van der Waals surface area contributed by atoms with Crippen molar-refractivity contribution in [3.8, 4) is 0 Å². The van der Waals surface area contributed by atoms with E-state index in [2.05, 4.69) is 15.9 Å². The molecule has 1 atom stereocenters. The standard InChI is InChI=1S/C10H12BrF2N/c1-6(14)7-3-8(10(2,12)13)5-9(11)4-7/h3-6H,14H2,1-2H3/t6-/m1/s1. The van der Waals surface area contributed by atoms with Gasteiger partial charge < -0.3 is 5.73 Å². The van der Waals surface area contributed by atoms with Crippen molar-refractivity contribution in [1.29, 1.82) is 0 Å². The molecule has 0 aliphatic carbocycles. The van der Waals surface area contributed by atoms with Gasteiger partial charge in [0.1, 0.15) is 0 Å². The molecule has 0 saturated carbocycles. The third-order valence-corrected chi connectivity index (χ3v) is 2.41. The van der Waals surface area contributed by atoms with Gasteiger partial charge in [0.05, 0.1) is 0 Å². The zero-order chi connectivity index (χ0) is 10.9. The molecule has 78 valence electrons. The van der Waals surface area contributed by atoms with E-state index in [1.54, 1.807) is 13.0 Å². The molecule has 0 unspecified atom stereocenters. The second-order valence-corrected chi connectivity index (χ2v) is 4.37. The lowest BCUT2D eigenvalue weighted by Gasteiger charge is -2.14. The Labute approximate surface area is 90.4 Å². The Balaban J connectivity index is 3.21. The first-order valence-electron chi connectivity index (χ1n) is 4.25. The molecule has 2 N–H and O–H groups in total. The van der Waals surface area contributed by atoms with Crippen molar-refractivity contribution in [1.82, 2.24) is 0 Å². The lowest BCUT2D eigenvalue weighted by Crippen LogP contribution is -2.10. The minimum Gasteiger partial charge on any atom is -0.324 e. The Kier molecular flexibility index (Phi) is 3.27. The number of nitrogens with two attached hydrogens (primary N) is 1. The minimum absolute atomic E-state index is 0.0147. The van der Waals surface area contributed by atoms with Crippen LogP contribution in [0.4, 0.5) is 8.78 Å². The van der Waals surface area contributed by atoms with Gasteiger partial charge in [-0.05, 0) is 30.7 Å². The quantitative estimate of drug-likeness (QED) is 0.868. The molecule has 0 radical (unpaired) electrons. The Bertz CT molecular complexity index is 331. The highest BCUT2D eigenvalue weighted by molar-refractivity contribution is 9.10. The van der Waals surface area contributed by atoms with Crippen LogP contribution in [0.25, 0.3) is 0 Å². The first kappa shape index (κ1) is 11.6. The summed E-state index contributed by atoms with van der Waals surface area (Å²) in [5.74, 6) is -2.83. The lowest BCUT2D eigenvalue weighted by atomic mass is 10.0. The summed E-state index contributed by atoms with van der Waals surface area (Å²) in [6.45, 7) is 2.64. The van der Waals surface area contributed by atoms with Gasteiger partial charge >= 0.3 is 0 Å². The molecule has 0 aliphatic heterocycles. The van der Waals surface area contributed by atoms with Crippen molar-refractivity contribution in [2.24, 2.45) is 5.73 Å². The summed E-state index contributed by atoms with van der Waals surface area (Å²) in [5.41, 5.74) is 6.32. The molecule has 0 aromatic heterocycles. The third-order valence-electron chi connectivity index (χ3n) is 1.95. The number of hydrogen-bond acceptors (Lipinski definition) is 1. The maximum Gasteiger partial charge on any atom is 0.270 e. The van der Waals surface area contributed by atoms with E-state index < -0.39 is 5.92 Å². The van der Waals surface area contributed by atoms with E-state index in [9.17, 15) is 8.78 Å². The van der Waals surface area contributed by atoms with Crippen molar-refractivity contribution in [2.45, 2.75) is 25.8 Å². The van der Waals surface area contributed by atoms with Gasteiger partial charge in [-0.3, -0.25) is 0 Å². The van der Waals surface area contributed by atoms with Crippen LogP contribution in [0.3, 0.4) is 0 Å². The Hall–Kier alpha value is -0.480. The van der Waals surface area contributed by atoms with Crippen LogP contribution in [0.15, 0.2) is 22.7 Å². The monoisotopic (exact) mass is 263 g/mol. The molecular formula is C10H12BrF2N.